The van der Waals surface area contributed by atoms with Crippen molar-refractivity contribution >= 4 is 50.5 Å². The highest BCUT2D eigenvalue weighted by Gasteiger charge is 2.20. The highest BCUT2D eigenvalue weighted by Crippen LogP contribution is 2.30. The van der Waals surface area contributed by atoms with E-state index in [1.165, 1.54) is 12.1 Å². The van der Waals surface area contributed by atoms with Gasteiger partial charge < -0.3 is 10.1 Å². The Labute approximate surface area is 169 Å². The van der Waals surface area contributed by atoms with Crippen LogP contribution in [-0.4, -0.2) is 34.2 Å². The van der Waals surface area contributed by atoms with Crippen LogP contribution >= 0.6 is 23.2 Å². The van der Waals surface area contributed by atoms with E-state index in [0.717, 1.165) is 10.6 Å². The van der Waals surface area contributed by atoms with Gasteiger partial charge in [-0.2, -0.15) is 0 Å². The summed E-state index contributed by atoms with van der Waals surface area (Å²) in [6.07, 6.45) is 1.55. The largest absolute Gasteiger partial charge is 0.497 e. The van der Waals surface area contributed by atoms with Crippen LogP contribution in [-0.2, 0) is 14.8 Å². The molecular weight excluding hydrogens is 411 g/mol. The van der Waals surface area contributed by atoms with E-state index in [0.29, 0.717) is 28.6 Å². The maximum atomic E-state index is 12.1. The maximum Gasteiger partial charge on any atom is 0.232 e. The standard InChI is InChI=1S/C18H20Cl2N2O4S/c1-26-15-8-6-14(7-9-15)21-18(23)4-3-11-22(27(2,24)25)17-12-13(19)5-10-16(17)20/h5-10,12H,3-4,11H2,1-2H3,(H,21,23). The lowest BCUT2D eigenvalue weighted by atomic mass is 10.2. The molecule has 2 aromatic carbocycles. The highest BCUT2D eigenvalue weighted by atomic mass is 35.5. The summed E-state index contributed by atoms with van der Waals surface area (Å²) in [5.41, 5.74) is 0.931. The Kier molecular flexibility index (Phi) is 7.35. The average Bonchev–Trinajstić information content (AvgIpc) is 2.61. The highest BCUT2D eigenvalue weighted by molar-refractivity contribution is 7.92. The van der Waals surface area contributed by atoms with Crippen LogP contribution in [0.4, 0.5) is 11.4 Å². The van der Waals surface area contributed by atoms with Crippen LogP contribution in [0.5, 0.6) is 5.75 Å². The lowest BCUT2D eigenvalue weighted by Gasteiger charge is -2.23. The second kappa shape index (κ2) is 9.30. The predicted octanol–water partition coefficient (Wildman–Crippen LogP) is 4.19. The van der Waals surface area contributed by atoms with Gasteiger partial charge in [-0.1, -0.05) is 23.2 Å². The first kappa shape index (κ1) is 21.3. The molecule has 0 saturated carbocycles. The molecule has 0 radical (unpaired) electrons. The van der Waals surface area contributed by atoms with Crippen LogP contribution in [0.1, 0.15) is 12.8 Å². The van der Waals surface area contributed by atoms with Crippen molar-refractivity contribution in [2.45, 2.75) is 12.8 Å². The number of anilines is 2. The first-order chi connectivity index (χ1) is 12.7. The van der Waals surface area contributed by atoms with Gasteiger partial charge in [0.05, 0.1) is 24.1 Å². The van der Waals surface area contributed by atoms with Gasteiger partial charge in [0.25, 0.3) is 0 Å². The molecule has 2 rings (SSSR count). The Morgan fingerprint density at radius 3 is 2.41 bits per heavy atom. The number of hydrogen-bond donors (Lipinski definition) is 1. The lowest BCUT2D eigenvalue weighted by Crippen LogP contribution is -2.31. The first-order valence-electron chi connectivity index (χ1n) is 8.07. The van der Waals surface area contributed by atoms with Crippen molar-refractivity contribution in [2.75, 3.05) is 29.5 Å². The van der Waals surface area contributed by atoms with Crippen molar-refractivity contribution in [1.29, 1.82) is 0 Å². The summed E-state index contributed by atoms with van der Waals surface area (Å²) in [6, 6.07) is 11.5. The van der Waals surface area contributed by atoms with Crippen molar-refractivity contribution in [1.82, 2.24) is 0 Å². The number of benzene rings is 2. The van der Waals surface area contributed by atoms with Crippen molar-refractivity contribution in [2.24, 2.45) is 0 Å². The molecule has 1 amide bonds. The Morgan fingerprint density at radius 1 is 1.15 bits per heavy atom. The molecule has 9 heteroatoms. The SMILES string of the molecule is COc1ccc(NC(=O)CCCN(c2cc(Cl)ccc2Cl)S(C)(=O)=O)cc1. The fourth-order valence-corrected chi connectivity index (χ4v) is 3.83. The van der Waals surface area contributed by atoms with E-state index < -0.39 is 10.0 Å². The number of carbonyl (C=O) groups excluding carboxylic acids is 1. The molecule has 0 aliphatic heterocycles. The van der Waals surface area contributed by atoms with E-state index in [9.17, 15) is 13.2 Å². The zero-order chi connectivity index (χ0) is 20.0. The molecule has 0 unspecified atom stereocenters. The molecular formula is C18H20Cl2N2O4S. The molecule has 0 aliphatic rings. The van der Waals surface area contributed by atoms with E-state index in [1.807, 2.05) is 0 Å². The Balaban J connectivity index is 1.99. The van der Waals surface area contributed by atoms with Gasteiger partial charge in [-0.3, -0.25) is 9.10 Å². The van der Waals surface area contributed by atoms with E-state index >= 15 is 0 Å². The number of nitrogens with one attached hydrogen (secondary N) is 1. The molecule has 0 fully saturated rings. The van der Waals surface area contributed by atoms with E-state index in [-0.39, 0.29) is 23.9 Å². The third-order valence-electron chi connectivity index (χ3n) is 3.72. The average molecular weight is 431 g/mol. The Bertz CT molecular complexity index is 902. The third-order valence-corrected chi connectivity index (χ3v) is 5.45. The molecule has 0 atom stereocenters. The second-order valence-electron chi connectivity index (χ2n) is 5.81. The molecule has 0 saturated heterocycles. The number of rotatable bonds is 8. The minimum atomic E-state index is -3.58. The van der Waals surface area contributed by atoms with Crippen LogP contribution in [0.15, 0.2) is 42.5 Å². The van der Waals surface area contributed by atoms with Gasteiger partial charge in [-0.25, -0.2) is 8.42 Å². The van der Waals surface area contributed by atoms with Gasteiger partial charge in [0.2, 0.25) is 15.9 Å². The van der Waals surface area contributed by atoms with E-state index in [1.54, 1.807) is 37.4 Å². The molecule has 146 valence electrons. The molecule has 0 bridgehead atoms. The molecule has 0 spiro atoms. The number of carbonyl (C=O) groups is 1. The van der Waals surface area contributed by atoms with Crippen LogP contribution in [0.25, 0.3) is 0 Å². The lowest BCUT2D eigenvalue weighted by molar-refractivity contribution is -0.116. The monoisotopic (exact) mass is 430 g/mol. The fourth-order valence-electron chi connectivity index (χ4n) is 2.42. The van der Waals surface area contributed by atoms with Gasteiger partial charge in [0.1, 0.15) is 5.75 Å². The molecule has 0 aliphatic carbocycles. The summed E-state index contributed by atoms with van der Waals surface area (Å²) >= 11 is 12.1. The molecule has 2 aromatic rings. The summed E-state index contributed by atoms with van der Waals surface area (Å²) in [7, 11) is -2.01. The first-order valence-corrected chi connectivity index (χ1v) is 10.7. The smallest absolute Gasteiger partial charge is 0.232 e. The van der Waals surface area contributed by atoms with Crippen LogP contribution in [0.3, 0.4) is 0 Å². The normalized spacial score (nSPS) is 11.1. The number of ether oxygens (including phenoxy) is 1. The van der Waals surface area contributed by atoms with Crippen molar-refractivity contribution < 1.29 is 17.9 Å². The zero-order valence-corrected chi connectivity index (χ0v) is 17.2. The van der Waals surface area contributed by atoms with Gasteiger partial charge in [0.15, 0.2) is 0 Å². The summed E-state index contributed by atoms with van der Waals surface area (Å²) in [4.78, 5) is 12.1. The molecule has 0 heterocycles. The zero-order valence-electron chi connectivity index (χ0n) is 14.9. The summed E-state index contributed by atoms with van der Waals surface area (Å²) in [5, 5.41) is 3.40. The van der Waals surface area contributed by atoms with Gasteiger partial charge in [0, 0.05) is 23.7 Å². The number of hydrogen-bond acceptors (Lipinski definition) is 4. The topological polar surface area (TPSA) is 75.7 Å². The second-order valence-corrected chi connectivity index (χ2v) is 8.56. The van der Waals surface area contributed by atoms with Gasteiger partial charge in [-0.05, 0) is 48.9 Å². The summed E-state index contributed by atoms with van der Waals surface area (Å²) in [5.74, 6) is 0.473. The van der Waals surface area contributed by atoms with Crippen LogP contribution < -0.4 is 14.4 Å². The molecule has 1 N–H and O–H groups in total. The van der Waals surface area contributed by atoms with Crippen molar-refractivity contribution in [3.05, 3.63) is 52.5 Å². The van der Waals surface area contributed by atoms with Gasteiger partial charge >= 0.3 is 0 Å². The minimum Gasteiger partial charge on any atom is -0.497 e. The quantitative estimate of drug-likeness (QED) is 0.680. The Morgan fingerprint density at radius 2 is 1.81 bits per heavy atom. The minimum absolute atomic E-state index is 0.106. The third kappa shape index (κ3) is 6.30. The van der Waals surface area contributed by atoms with E-state index in [4.69, 9.17) is 27.9 Å². The van der Waals surface area contributed by atoms with Gasteiger partial charge in [-0.15, -0.1) is 0 Å². The number of methoxy groups -OCH3 is 1. The molecule has 6 nitrogen and oxygen atoms in total. The van der Waals surface area contributed by atoms with Crippen LogP contribution in [0.2, 0.25) is 10.0 Å². The fraction of sp³-hybridized carbons (Fsp3) is 0.278. The van der Waals surface area contributed by atoms with Crippen molar-refractivity contribution in [3.63, 3.8) is 0 Å². The Hall–Kier alpha value is -1.96. The number of sulfonamides is 1. The summed E-state index contributed by atoms with van der Waals surface area (Å²) < 4.78 is 30.5. The number of nitrogens with zero attached hydrogens (tertiary/aromatic N) is 1. The maximum absolute atomic E-state index is 12.1. The molecule has 0 aromatic heterocycles. The number of amides is 1. The van der Waals surface area contributed by atoms with Crippen LogP contribution in [0, 0.1) is 0 Å². The number of halogens is 2. The van der Waals surface area contributed by atoms with Crippen molar-refractivity contribution in [3.8, 4) is 5.75 Å². The predicted molar refractivity (Wildman–Crippen MR) is 110 cm³/mol. The van der Waals surface area contributed by atoms with E-state index in [2.05, 4.69) is 5.32 Å². The summed E-state index contributed by atoms with van der Waals surface area (Å²) in [6.45, 7) is 0.106. The molecule has 27 heavy (non-hydrogen) atoms.